The van der Waals surface area contributed by atoms with Crippen LogP contribution in [0.4, 0.5) is 8.78 Å². The molecular formula is C11H23F2NO3S. The Morgan fingerprint density at radius 2 is 1.72 bits per heavy atom. The Balaban J connectivity index is 4.73. The average Bonchev–Trinajstić information content (AvgIpc) is 2.14. The Morgan fingerprint density at radius 3 is 2.06 bits per heavy atom. The SMILES string of the molecule is CCCC(CCC)(COCC(F)F)CS(N)(=O)=O. The minimum atomic E-state index is -3.64. The summed E-state index contributed by atoms with van der Waals surface area (Å²) in [4.78, 5) is 0. The monoisotopic (exact) mass is 287 g/mol. The number of hydrogen-bond donors (Lipinski definition) is 1. The van der Waals surface area contributed by atoms with Crippen LogP contribution in [-0.4, -0.2) is 33.8 Å². The van der Waals surface area contributed by atoms with Crippen molar-refractivity contribution in [3.8, 4) is 0 Å². The molecule has 7 heteroatoms. The van der Waals surface area contributed by atoms with E-state index >= 15 is 0 Å². The van der Waals surface area contributed by atoms with Crippen LogP contribution in [0.25, 0.3) is 0 Å². The van der Waals surface area contributed by atoms with Gasteiger partial charge < -0.3 is 4.74 Å². The topological polar surface area (TPSA) is 69.4 Å². The van der Waals surface area contributed by atoms with E-state index in [1.54, 1.807) is 0 Å². The van der Waals surface area contributed by atoms with Crippen molar-refractivity contribution in [3.05, 3.63) is 0 Å². The third-order valence-electron chi connectivity index (χ3n) is 2.72. The molecule has 0 aliphatic heterocycles. The number of primary sulfonamides is 1. The molecule has 0 heterocycles. The van der Waals surface area contributed by atoms with Gasteiger partial charge in [0, 0.05) is 5.41 Å². The number of ether oxygens (including phenoxy) is 1. The molecule has 0 aromatic heterocycles. The molecule has 0 saturated heterocycles. The number of alkyl halides is 2. The van der Waals surface area contributed by atoms with Crippen LogP contribution in [0.1, 0.15) is 39.5 Å². The predicted octanol–water partition coefficient (Wildman–Crippen LogP) is 2.14. The van der Waals surface area contributed by atoms with E-state index in [2.05, 4.69) is 0 Å². The van der Waals surface area contributed by atoms with E-state index in [0.29, 0.717) is 12.8 Å². The van der Waals surface area contributed by atoms with Crippen LogP contribution in [0, 0.1) is 5.41 Å². The second-order valence-corrected chi connectivity index (χ2v) is 6.33. The van der Waals surface area contributed by atoms with E-state index < -0.39 is 28.5 Å². The number of nitrogens with two attached hydrogens (primary N) is 1. The lowest BCUT2D eigenvalue weighted by Gasteiger charge is -2.32. The highest BCUT2D eigenvalue weighted by Gasteiger charge is 2.33. The minimum Gasteiger partial charge on any atom is -0.375 e. The van der Waals surface area contributed by atoms with Crippen LogP contribution >= 0.6 is 0 Å². The van der Waals surface area contributed by atoms with Crippen LogP contribution < -0.4 is 5.14 Å². The molecule has 0 aliphatic carbocycles. The fourth-order valence-corrected chi connectivity index (χ4v) is 3.53. The molecule has 0 radical (unpaired) electrons. The van der Waals surface area contributed by atoms with Crippen molar-refractivity contribution < 1.29 is 21.9 Å². The molecule has 18 heavy (non-hydrogen) atoms. The van der Waals surface area contributed by atoms with Gasteiger partial charge in [-0.05, 0) is 12.8 Å². The van der Waals surface area contributed by atoms with Gasteiger partial charge in [0.15, 0.2) is 0 Å². The van der Waals surface area contributed by atoms with E-state index in [4.69, 9.17) is 9.88 Å². The second-order valence-electron chi connectivity index (χ2n) is 4.71. The molecule has 0 amide bonds. The molecule has 0 spiro atoms. The summed E-state index contributed by atoms with van der Waals surface area (Å²) in [5, 5.41) is 5.08. The van der Waals surface area contributed by atoms with Crippen molar-refractivity contribution in [1.82, 2.24) is 0 Å². The second kappa shape index (κ2) is 8.01. The third kappa shape index (κ3) is 7.94. The number of rotatable bonds is 10. The van der Waals surface area contributed by atoms with Gasteiger partial charge in [0.05, 0.1) is 12.4 Å². The number of halogens is 2. The largest absolute Gasteiger partial charge is 0.375 e. The lowest BCUT2D eigenvalue weighted by atomic mass is 9.82. The standard InChI is InChI=1S/C11H23F2NO3S/c1-3-5-11(6-4-2,9-18(14,15)16)8-17-7-10(12)13/h10H,3-9H2,1-2H3,(H2,14,15,16). The Bertz CT molecular complexity index is 314. The molecule has 0 aromatic carbocycles. The summed E-state index contributed by atoms with van der Waals surface area (Å²) in [5.74, 6) is -0.217. The van der Waals surface area contributed by atoms with Gasteiger partial charge in [0.2, 0.25) is 10.0 Å². The molecule has 0 atom stereocenters. The molecule has 0 rings (SSSR count). The van der Waals surface area contributed by atoms with Gasteiger partial charge in [-0.1, -0.05) is 26.7 Å². The number of hydrogen-bond acceptors (Lipinski definition) is 3. The molecule has 0 aliphatic rings. The van der Waals surface area contributed by atoms with Gasteiger partial charge in [-0.3, -0.25) is 0 Å². The molecule has 0 bridgehead atoms. The zero-order chi connectivity index (χ0) is 14.2. The van der Waals surface area contributed by atoms with Crippen molar-refractivity contribution in [1.29, 1.82) is 0 Å². The van der Waals surface area contributed by atoms with E-state index in [9.17, 15) is 17.2 Å². The molecular weight excluding hydrogens is 264 g/mol. The summed E-state index contributed by atoms with van der Waals surface area (Å²) >= 11 is 0. The first kappa shape index (κ1) is 17.7. The van der Waals surface area contributed by atoms with Gasteiger partial charge in [-0.25, -0.2) is 22.3 Å². The lowest BCUT2D eigenvalue weighted by Crippen LogP contribution is -2.38. The fraction of sp³-hybridized carbons (Fsp3) is 1.00. The van der Waals surface area contributed by atoms with E-state index in [0.717, 1.165) is 12.8 Å². The molecule has 2 N–H and O–H groups in total. The number of sulfonamides is 1. The summed E-state index contributed by atoms with van der Waals surface area (Å²) in [6.07, 6.45) is 0.169. The summed E-state index contributed by atoms with van der Waals surface area (Å²) in [6.45, 7) is 3.18. The summed E-state index contributed by atoms with van der Waals surface area (Å²) in [5.41, 5.74) is -0.647. The van der Waals surface area contributed by atoms with Gasteiger partial charge in [-0.2, -0.15) is 0 Å². The van der Waals surface area contributed by atoms with Crippen LogP contribution in [-0.2, 0) is 14.8 Å². The van der Waals surface area contributed by atoms with Crippen molar-refractivity contribution in [2.24, 2.45) is 10.6 Å². The van der Waals surface area contributed by atoms with Crippen LogP contribution in [0.3, 0.4) is 0 Å². The van der Waals surface area contributed by atoms with Gasteiger partial charge in [-0.15, -0.1) is 0 Å². The van der Waals surface area contributed by atoms with Crippen molar-refractivity contribution in [2.75, 3.05) is 19.0 Å². The summed E-state index contributed by atoms with van der Waals surface area (Å²) in [7, 11) is -3.64. The Morgan fingerprint density at radius 1 is 1.22 bits per heavy atom. The highest BCUT2D eigenvalue weighted by Crippen LogP contribution is 2.31. The summed E-state index contributed by atoms with van der Waals surface area (Å²) < 4.78 is 51.6. The molecule has 0 saturated carbocycles. The molecule has 110 valence electrons. The molecule has 0 fully saturated rings. The molecule has 0 aromatic rings. The normalized spacial score (nSPS) is 13.2. The first-order chi connectivity index (χ1) is 8.24. The quantitative estimate of drug-likeness (QED) is 0.669. The zero-order valence-corrected chi connectivity index (χ0v) is 11.8. The van der Waals surface area contributed by atoms with Crippen LogP contribution in [0.2, 0.25) is 0 Å². The van der Waals surface area contributed by atoms with Gasteiger partial charge in [0.25, 0.3) is 6.43 Å². The molecule has 4 nitrogen and oxygen atoms in total. The highest BCUT2D eigenvalue weighted by atomic mass is 32.2. The maximum atomic E-state index is 12.1. The highest BCUT2D eigenvalue weighted by molar-refractivity contribution is 7.89. The Kier molecular flexibility index (Phi) is 7.89. The van der Waals surface area contributed by atoms with Crippen molar-refractivity contribution in [2.45, 2.75) is 46.0 Å². The smallest absolute Gasteiger partial charge is 0.261 e. The minimum absolute atomic E-state index is 0.00938. The molecule has 0 unspecified atom stereocenters. The van der Waals surface area contributed by atoms with E-state index in [1.165, 1.54) is 0 Å². The van der Waals surface area contributed by atoms with Crippen LogP contribution in [0.15, 0.2) is 0 Å². The Labute approximate surface area is 108 Å². The first-order valence-electron chi connectivity index (χ1n) is 6.11. The Hall–Kier alpha value is -0.270. The fourth-order valence-electron chi connectivity index (χ4n) is 2.31. The zero-order valence-electron chi connectivity index (χ0n) is 11.0. The van der Waals surface area contributed by atoms with E-state index in [-0.39, 0.29) is 12.4 Å². The van der Waals surface area contributed by atoms with Gasteiger partial charge >= 0.3 is 0 Å². The lowest BCUT2D eigenvalue weighted by molar-refractivity contribution is -0.0205. The first-order valence-corrected chi connectivity index (χ1v) is 7.82. The maximum Gasteiger partial charge on any atom is 0.261 e. The van der Waals surface area contributed by atoms with Crippen molar-refractivity contribution >= 4 is 10.0 Å². The predicted molar refractivity (Wildman–Crippen MR) is 67.0 cm³/mol. The third-order valence-corrected chi connectivity index (χ3v) is 3.73. The van der Waals surface area contributed by atoms with E-state index in [1.807, 2.05) is 13.8 Å². The van der Waals surface area contributed by atoms with Gasteiger partial charge in [0.1, 0.15) is 6.61 Å². The van der Waals surface area contributed by atoms with Crippen LogP contribution in [0.5, 0.6) is 0 Å². The van der Waals surface area contributed by atoms with Crippen molar-refractivity contribution in [3.63, 3.8) is 0 Å². The maximum absolute atomic E-state index is 12.1. The summed E-state index contributed by atoms with van der Waals surface area (Å²) in [6, 6.07) is 0. The average molecular weight is 287 g/mol.